The Kier molecular flexibility index (Phi) is 8.53. The van der Waals surface area contributed by atoms with E-state index in [1.165, 1.54) is 16.7 Å². The summed E-state index contributed by atoms with van der Waals surface area (Å²) < 4.78 is 11.5. The van der Waals surface area contributed by atoms with Crippen LogP contribution in [-0.4, -0.2) is 29.3 Å². The number of hydrogen-bond donors (Lipinski definition) is 1. The van der Waals surface area contributed by atoms with Gasteiger partial charge in [0.25, 0.3) is 11.8 Å². The lowest BCUT2D eigenvalue weighted by atomic mass is 10.2. The van der Waals surface area contributed by atoms with Crippen LogP contribution in [0.25, 0.3) is 6.08 Å². The second-order valence-corrected chi connectivity index (χ2v) is 9.99. The molecule has 1 aliphatic rings. The molecular weight excluding hydrogens is 539 g/mol. The van der Waals surface area contributed by atoms with Crippen molar-refractivity contribution in [2.75, 3.05) is 23.4 Å². The lowest BCUT2D eigenvalue weighted by Gasteiger charge is -2.15. The first kappa shape index (κ1) is 26.0. The first-order valence-corrected chi connectivity index (χ1v) is 12.8. The quantitative estimate of drug-likeness (QED) is 0.242. The van der Waals surface area contributed by atoms with E-state index in [1.807, 2.05) is 31.2 Å². The minimum atomic E-state index is -0.360. The molecule has 0 saturated carbocycles. The van der Waals surface area contributed by atoms with Crippen LogP contribution >= 0.6 is 47.2 Å². The maximum Gasteiger partial charge on any atom is 0.270 e. The number of carbonyl (C=O) groups excluding carboxylic acids is 2. The molecule has 1 saturated heterocycles. The van der Waals surface area contributed by atoms with Gasteiger partial charge in [0.15, 0.2) is 10.9 Å². The van der Waals surface area contributed by atoms with E-state index >= 15 is 0 Å². The van der Waals surface area contributed by atoms with Crippen LogP contribution in [0.1, 0.15) is 12.5 Å². The van der Waals surface area contributed by atoms with Gasteiger partial charge >= 0.3 is 0 Å². The molecule has 0 radical (unpaired) electrons. The molecule has 10 heteroatoms. The summed E-state index contributed by atoms with van der Waals surface area (Å²) in [5.74, 6) is 0.690. The Morgan fingerprint density at radius 2 is 1.69 bits per heavy atom. The third-order valence-electron chi connectivity index (χ3n) is 4.95. The fourth-order valence-electron chi connectivity index (χ4n) is 3.29. The van der Waals surface area contributed by atoms with Crippen LogP contribution in [0.4, 0.5) is 11.4 Å². The monoisotopic (exact) mass is 558 g/mol. The molecule has 6 nitrogen and oxygen atoms in total. The van der Waals surface area contributed by atoms with Gasteiger partial charge in [-0.15, -0.1) is 0 Å². The number of ether oxygens (including phenoxy) is 2. The van der Waals surface area contributed by atoms with Crippen molar-refractivity contribution in [2.45, 2.75) is 6.92 Å². The Bertz CT molecular complexity index is 1330. The SMILES string of the molecule is CCOc1ccc(N2C(=O)/C(=C/c3ccc(OCC(=O)Nc4ccc(Cl)cc4Cl)cc3)SC2=S)cc1. The minimum absolute atomic E-state index is 0.188. The van der Waals surface area contributed by atoms with Crippen molar-refractivity contribution in [3.8, 4) is 11.5 Å². The standard InChI is InChI=1S/C26H20Cl2N2O4S2/c1-2-33-19-10-6-18(7-11-19)30-25(32)23(36-26(30)35)13-16-3-8-20(9-4-16)34-15-24(31)29-22-12-5-17(27)14-21(22)28/h3-14H,2,15H2,1H3,(H,29,31)/b23-13-. The Labute approximate surface area is 228 Å². The highest BCUT2D eigenvalue weighted by Crippen LogP contribution is 2.36. The van der Waals surface area contributed by atoms with Gasteiger partial charge in [0.1, 0.15) is 11.5 Å². The first-order chi connectivity index (χ1) is 17.3. The van der Waals surface area contributed by atoms with Gasteiger partial charge in [-0.2, -0.15) is 0 Å². The van der Waals surface area contributed by atoms with Gasteiger partial charge in [-0.05, 0) is 73.2 Å². The zero-order valence-corrected chi connectivity index (χ0v) is 22.1. The molecule has 1 aliphatic heterocycles. The normalized spacial score (nSPS) is 14.3. The lowest BCUT2D eigenvalue weighted by Crippen LogP contribution is -2.27. The van der Waals surface area contributed by atoms with Crippen LogP contribution < -0.4 is 19.7 Å². The number of nitrogens with zero attached hydrogens (tertiary/aromatic N) is 1. The van der Waals surface area contributed by atoms with Crippen molar-refractivity contribution in [2.24, 2.45) is 0 Å². The highest BCUT2D eigenvalue weighted by Gasteiger charge is 2.33. The molecule has 0 spiro atoms. The van der Waals surface area contributed by atoms with Crippen molar-refractivity contribution >= 4 is 80.8 Å². The zero-order chi connectivity index (χ0) is 25.7. The summed E-state index contributed by atoms with van der Waals surface area (Å²) in [6.45, 7) is 2.28. The number of hydrogen-bond acceptors (Lipinski definition) is 6. The van der Waals surface area contributed by atoms with Gasteiger partial charge in [0.05, 0.1) is 27.9 Å². The van der Waals surface area contributed by atoms with E-state index in [1.54, 1.807) is 48.5 Å². The maximum atomic E-state index is 13.0. The molecule has 1 heterocycles. The average Bonchev–Trinajstić information content (AvgIpc) is 3.13. The Balaban J connectivity index is 1.36. The Morgan fingerprint density at radius 3 is 2.36 bits per heavy atom. The second kappa shape index (κ2) is 11.8. The highest BCUT2D eigenvalue weighted by molar-refractivity contribution is 8.27. The second-order valence-electron chi connectivity index (χ2n) is 7.47. The number of rotatable bonds is 8. The fourth-order valence-corrected chi connectivity index (χ4v) is 5.04. The summed E-state index contributed by atoms with van der Waals surface area (Å²) in [5.41, 5.74) is 1.94. The molecule has 1 N–H and O–H groups in total. The number of thioether (sulfide) groups is 1. The molecule has 3 aromatic rings. The fraction of sp³-hybridized carbons (Fsp3) is 0.115. The Morgan fingerprint density at radius 1 is 1.03 bits per heavy atom. The summed E-state index contributed by atoms with van der Waals surface area (Å²) in [7, 11) is 0. The topological polar surface area (TPSA) is 67.9 Å². The van der Waals surface area contributed by atoms with Crippen LogP contribution in [0.3, 0.4) is 0 Å². The summed E-state index contributed by atoms with van der Waals surface area (Å²) >= 11 is 18.6. The molecule has 36 heavy (non-hydrogen) atoms. The van der Waals surface area contributed by atoms with E-state index in [0.717, 1.165) is 11.3 Å². The van der Waals surface area contributed by atoms with E-state index in [-0.39, 0.29) is 18.4 Å². The van der Waals surface area contributed by atoms with E-state index in [9.17, 15) is 9.59 Å². The van der Waals surface area contributed by atoms with Crippen molar-refractivity contribution in [3.63, 3.8) is 0 Å². The number of nitrogens with one attached hydrogen (secondary N) is 1. The number of carbonyl (C=O) groups is 2. The van der Waals surface area contributed by atoms with Crippen molar-refractivity contribution in [1.82, 2.24) is 0 Å². The van der Waals surface area contributed by atoms with E-state index in [4.69, 9.17) is 44.9 Å². The van der Waals surface area contributed by atoms with Gasteiger partial charge < -0.3 is 14.8 Å². The van der Waals surface area contributed by atoms with E-state index in [0.29, 0.717) is 43.0 Å². The Hall–Kier alpha value is -3.04. The molecule has 0 unspecified atom stereocenters. The number of halogens is 2. The van der Waals surface area contributed by atoms with E-state index in [2.05, 4.69) is 5.32 Å². The van der Waals surface area contributed by atoms with Crippen LogP contribution in [-0.2, 0) is 9.59 Å². The zero-order valence-electron chi connectivity index (χ0n) is 19.0. The third kappa shape index (κ3) is 6.39. The molecule has 3 aromatic carbocycles. The molecule has 1 fully saturated rings. The molecule has 184 valence electrons. The molecule has 0 atom stereocenters. The average molecular weight is 559 g/mol. The van der Waals surface area contributed by atoms with Crippen LogP contribution in [0.15, 0.2) is 71.6 Å². The van der Waals surface area contributed by atoms with Crippen LogP contribution in [0.5, 0.6) is 11.5 Å². The molecule has 0 aliphatic carbocycles. The maximum absolute atomic E-state index is 13.0. The van der Waals surface area contributed by atoms with Gasteiger partial charge in [0, 0.05) is 5.02 Å². The van der Waals surface area contributed by atoms with E-state index < -0.39 is 0 Å². The van der Waals surface area contributed by atoms with Gasteiger partial charge in [0.2, 0.25) is 0 Å². The summed E-state index contributed by atoms with van der Waals surface area (Å²) in [4.78, 5) is 27.2. The highest BCUT2D eigenvalue weighted by atomic mass is 35.5. The predicted octanol–water partition coefficient (Wildman–Crippen LogP) is 6.82. The molecular formula is C26H20Cl2N2O4S2. The molecule has 2 amide bonds. The lowest BCUT2D eigenvalue weighted by molar-refractivity contribution is -0.118. The van der Waals surface area contributed by atoms with Crippen molar-refractivity contribution < 1.29 is 19.1 Å². The van der Waals surface area contributed by atoms with Gasteiger partial charge in [-0.1, -0.05) is 59.3 Å². The number of amides is 2. The number of benzene rings is 3. The van der Waals surface area contributed by atoms with Crippen molar-refractivity contribution in [1.29, 1.82) is 0 Å². The van der Waals surface area contributed by atoms with Crippen LogP contribution in [0.2, 0.25) is 10.0 Å². The summed E-state index contributed by atoms with van der Waals surface area (Å²) in [6.07, 6.45) is 1.77. The summed E-state index contributed by atoms with van der Waals surface area (Å²) in [5, 5.41) is 3.50. The van der Waals surface area contributed by atoms with Gasteiger partial charge in [-0.3, -0.25) is 14.5 Å². The summed E-state index contributed by atoms with van der Waals surface area (Å²) in [6, 6.07) is 19.1. The molecule has 0 aromatic heterocycles. The minimum Gasteiger partial charge on any atom is -0.494 e. The molecule has 0 bridgehead atoms. The first-order valence-electron chi connectivity index (χ1n) is 10.8. The predicted molar refractivity (Wildman–Crippen MR) is 150 cm³/mol. The largest absolute Gasteiger partial charge is 0.494 e. The third-order valence-corrected chi connectivity index (χ3v) is 6.80. The van der Waals surface area contributed by atoms with Gasteiger partial charge in [-0.25, -0.2) is 0 Å². The molecule has 4 rings (SSSR count). The smallest absolute Gasteiger partial charge is 0.270 e. The number of anilines is 2. The van der Waals surface area contributed by atoms with Crippen LogP contribution in [0, 0.1) is 0 Å². The number of thiocarbonyl (C=S) groups is 1. The van der Waals surface area contributed by atoms with Crippen molar-refractivity contribution in [3.05, 3.63) is 87.2 Å².